The Bertz CT molecular complexity index is 190. The van der Waals surface area contributed by atoms with Gasteiger partial charge in [0.1, 0.15) is 0 Å². The molecule has 0 bridgehead atoms. The molecule has 0 radical (unpaired) electrons. The zero-order valence-corrected chi connectivity index (χ0v) is 8.13. The molecule has 0 spiro atoms. The highest BCUT2D eigenvalue weighted by atomic mass is 16.5. The smallest absolute Gasteiger partial charge is 0.0950 e. The first-order valence-corrected chi connectivity index (χ1v) is 5.03. The van der Waals surface area contributed by atoms with Gasteiger partial charge in [-0.15, -0.1) is 0 Å². The van der Waals surface area contributed by atoms with Crippen LogP contribution in [0, 0.1) is 0 Å². The molecule has 14 heavy (non-hydrogen) atoms. The van der Waals surface area contributed by atoms with Crippen LogP contribution in [0.4, 0.5) is 0 Å². The molecule has 3 atom stereocenters. The fourth-order valence-corrected chi connectivity index (χ4v) is 2.00. The predicted molar refractivity (Wildman–Crippen MR) is 49.0 cm³/mol. The maximum Gasteiger partial charge on any atom is 0.0950 e. The summed E-state index contributed by atoms with van der Waals surface area (Å²) < 4.78 is 10.4. The SMILES string of the molecule is OC1COCCN(C2COCC2O)C1. The summed E-state index contributed by atoms with van der Waals surface area (Å²) in [6.07, 6.45) is -0.884. The van der Waals surface area contributed by atoms with Gasteiger partial charge in [-0.25, -0.2) is 0 Å². The Labute approximate surface area is 83.2 Å². The molecule has 5 nitrogen and oxygen atoms in total. The molecule has 2 aliphatic heterocycles. The molecule has 0 aromatic heterocycles. The largest absolute Gasteiger partial charge is 0.389 e. The summed E-state index contributed by atoms with van der Waals surface area (Å²) in [6, 6.07) is 0.0198. The van der Waals surface area contributed by atoms with Crippen molar-refractivity contribution in [3.8, 4) is 0 Å². The lowest BCUT2D eigenvalue weighted by molar-refractivity contribution is 0.0449. The highest BCUT2D eigenvalue weighted by Gasteiger charge is 2.33. The van der Waals surface area contributed by atoms with E-state index in [1.54, 1.807) is 0 Å². The number of ether oxygens (including phenoxy) is 2. The number of aliphatic hydroxyl groups is 2. The molecule has 0 aliphatic carbocycles. The maximum atomic E-state index is 9.63. The molecule has 2 N–H and O–H groups in total. The normalized spacial score (nSPS) is 41.1. The Morgan fingerprint density at radius 2 is 1.93 bits per heavy atom. The van der Waals surface area contributed by atoms with Crippen molar-refractivity contribution in [1.82, 2.24) is 4.90 Å². The van der Waals surface area contributed by atoms with Crippen molar-refractivity contribution in [2.45, 2.75) is 18.2 Å². The Hall–Kier alpha value is -0.200. The van der Waals surface area contributed by atoms with Crippen molar-refractivity contribution in [2.24, 2.45) is 0 Å². The molecule has 3 unspecified atom stereocenters. The Kier molecular flexibility index (Phi) is 3.35. The zero-order valence-electron chi connectivity index (χ0n) is 8.13. The molecule has 0 aromatic rings. The van der Waals surface area contributed by atoms with Crippen LogP contribution in [0.2, 0.25) is 0 Å². The minimum absolute atomic E-state index is 0.0198. The summed E-state index contributed by atoms with van der Waals surface area (Å²) >= 11 is 0. The molecule has 2 heterocycles. The standard InChI is InChI=1S/C9H17NO4/c11-7-3-10(1-2-13-4-7)8-5-14-6-9(8)12/h7-9,11-12H,1-6H2. The molecule has 0 aromatic carbocycles. The third kappa shape index (κ3) is 2.24. The third-order valence-electron chi connectivity index (χ3n) is 2.77. The number of nitrogens with zero attached hydrogens (tertiary/aromatic N) is 1. The van der Waals surface area contributed by atoms with Gasteiger partial charge in [-0.05, 0) is 0 Å². The zero-order chi connectivity index (χ0) is 9.97. The van der Waals surface area contributed by atoms with Crippen LogP contribution in [0.25, 0.3) is 0 Å². The summed E-state index contributed by atoms with van der Waals surface area (Å²) in [5.41, 5.74) is 0. The molecular formula is C9H17NO4. The molecular weight excluding hydrogens is 186 g/mol. The Balaban J connectivity index is 1.94. The Morgan fingerprint density at radius 1 is 1.07 bits per heavy atom. The second-order valence-electron chi connectivity index (χ2n) is 3.90. The van der Waals surface area contributed by atoms with Crippen LogP contribution in [-0.4, -0.2) is 72.9 Å². The van der Waals surface area contributed by atoms with Gasteiger partial charge in [0.05, 0.1) is 44.7 Å². The van der Waals surface area contributed by atoms with Gasteiger partial charge in [0.15, 0.2) is 0 Å². The summed E-state index contributed by atoms with van der Waals surface area (Å²) in [5.74, 6) is 0. The lowest BCUT2D eigenvalue weighted by atomic mass is 10.1. The summed E-state index contributed by atoms with van der Waals surface area (Å²) in [4.78, 5) is 2.05. The van der Waals surface area contributed by atoms with Gasteiger partial charge >= 0.3 is 0 Å². The molecule has 2 saturated heterocycles. The maximum absolute atomic E-state index is 9.63. The van der Waals surface area contributed by atoms with E-state index in [1.165, 1.54) is 0 Å². The van der Waals surface area contributed by atoms with E-state index in [0.717, 1.165) is 6.54 Å². The molecule has 2 aliphatic rings. The third-order valence-corrected chi connectivity index (χ3v) is 2.77. The minimum Gasteiger partial charge on any atom is -0.389 e. The van der Waals surface area contributed by atoms with Gasteiger partial charge in [-0.1, -0.05) is 0 Å². The second kappa shape index (κ2) is 4.55. The second-order valence-corrected chi connectivity index (χ2v) is 3.90. The van der Waals surface area contributed by atoms with Crippen LogP contribution in [0.1, 0.15) is 0 Å². The number of aliphatic hydroxyl groups excluding tert-OH is 2. The first-order chi connectivity index (χ1) is 6.77. The summed E-state index contributed by atoms with van der Waals surface area (Å²) in [6.45, 7) is 3.26. The van der Waals surface area contributed by atoms with Crippen LogP contribution in [0.3, 0.4) is 0 Å². The van der Waals surface area contributed by atoms with E-state index in [-0.39, 0.29) is 6.04 Å². The van der Waals surface area contributed by atoms with Crippen molar-refractivity contribution < 1.29 is 19.7 Å². The molecule has 0 saturated carbocycles. The first kappa shape index (κ1) is 10.3. The van der Waals surface area contributed by atoms with Crippen LogP contribution in [-0.2, 0) is 9.47 Å². The topological polar surface area (TPSA) is 62.2 Å². The molecule has 2 rings (SSSR count). The van der Waals surface area contributed by atoms with E-state index in [1.807, 2.05) is 0 Å². The Morgan fingerprint density at radius 3 is 2.64 bits per heavy atom. The van der Waals surface area contributed by atoms with Gasteiger partial charge in [0.25, 0.3) is 0 Å². The molecule has 2 fully saturated rings. The highest BCUT2D eigenvalue weighted by molar-refractivity contribution is 4.85. The van der Waals surface area contributed by atoms with E-state index >= 15 is 0 Å². The van der Waals surface area contributed by atoms with Gasteiger partial charge in [0.2, 0.25) is 0 Å². The van der Waals surface area contributed by atoms with E-state index in [9.17, 15) is 10.2 Å². The van der Waals surface area contributed by atoms with Gasteiger partial charge < -0.3 is 19.7 Å². The van der Waals surface area contributed by atoms with Crippen LogP contribution >= 0.6 is 0 Å². The van der Waals surface area contributed by atoms with Crippen molar-refractivity contribution in [2.75, 3.05) is 39.5 Å². The van der Waals surface area contributed by atoms with E-state index in [0.29, 0.717) is 33.0 Å². The van der Waals surface area contributed by atoms with Gasteiger partial charge in [-0.2, -0.15) is 0 Å². The van der Waals surface area contributed by atoms with Crippen LogP contribution in [0.5, 0.6) is 0 Å². The fourth-order valence-electron chi connectivity index (χ4n) is 2.00. The minimum atomic E-state index is -0.453. The van der Waals surface area contributed by atoms with E-state index in [4.69, 9.17) is 9.47 Å². The van der Waals surface area contributed by atoms with Crippen LogP contribution in [0.15, 0.2) is 0 Å². The first-order valence-electron chi connectivity index (χ1n) is 5.03. The quantitative estimate of drug-likeness (QED) is 0.539. The summed E-state index contributed by atoms with van der Waals surface area (Å²) in [7, 11) is 0. The van der Waals surface area contributed by atoms with Crippen molar-refractivity contribution in [3.05, 3.63) is 0 Å². The van der Waals surface area contributed by atoms with E-state index < -0.39 is 12.2 Å². The average Bonchev–Trinajstić information content (AvgIpc) is 2.45. The van der Waals surface area contributed by atoms with Crippen LogP contribution < -0.4 is 0 Å². The van der Waals surface area contributed by atoms with Crippen molar-refractivity contribution in [1.29, 1.82) is 0 Å². The van der Waals surface area contributed by atoms with Gasteiger partial charge in [0, 0.05) is 13.1 Å². The van der Waals surface area contributed by atoms with Crippen molar-refractivity contribution >= 4 is 0 Å². The fraction of sp³-hybridized carbons (Fsp3) is 1.00. The number of β-amino-alcohol motifs (C(OH)–C–C–N with tert-alkyl or cyclic N) is 1. The van der Waals surface area contributed by atoms with Gasteiger partial charge in [-0.3, -0.25) is 4.90 Å². The monoisotopic (exact) mass is 203 g/mol. The molecule has 82 valence electrons. The highest BCUT2D eigenvalue weighted by Crippen LogP contribution is 2.15. The summed E-state index contributed by atoms with van der Waals surface area (Å²) in [5, 5.41) is 19.1. The number of rotatable bonds is 1. The average molecular weight is 203 g/mol. The number of hydrogen-bond acceptors (Lipinski definition) is 5. The number of hydrogen-bond donors (Lipinski definition) is 2. The molecule has 0 amide bonds. The predicted octanol–water partition coefficient (Wildman–Crippen LogP) is -1.56. The lowest BCUT2D eigenvalue weighted by Gasteiger charge is -2.28. The molecule has 5 heteroatoms. The van der Waals surface area contributed by atoms with Crippen molar-refractivity contribution in [3.63, 3.8) is 0 Å². The lowest BCUT2D eigenvalue weighted by Crippen LogP contribution is -2.46. The van der Waals surface area contributed by atoms with E-state index in [2.05, 4.69) is 4.90 Å².